The second-order valence-corrected chi connectivity index (χ2v) is 4.98. The third-order valence-electron chi connectivity index (χ3n) is 3.57. The highest BCUT2D eigenvalue weighted by Gasteiger charge is 2.47. The number of hydrogen-bond acceptors (Lipinski definition) is 5. The number of amides is 1. The van der Waals surface area contributed by atoms with Gasteiger partial charge in [0.05, 0.1) is 12.6 Å². The first kappa shape index (κ1) is 16.3. The second-order valence-electron chi connectivity index (χ2n) is 4.98. The highest BCUT2D eigenvalue weighted by Crippen LogP contribution is 2.40. The summed E-state index contributed by atoms with van der Waals surface area (Å²) in [5.74, 6) is -5.63. The molecule has 1 unspecified atom stereocenters. The molecule has 1 aliphatic carbocycles. The van der Waals surface area contributed by atoms with Gasteiger partial charge in [0.15, 0.2) is 17.4 Å². The molecule has 0 bridgehead atoms. The lowest BCUT2D eigenvalue weighted by Gasteiger charge is -2.29. The van der Waals surface area contributed by atoms with E-state index in [-0.39, 0.29) is 11.1 Å². The van der Waals surface area contributed by atoms with Crippen LogP contribution in [0.5, 0.6) is 0 Å². The Hall–Kier alpha value is -3.08. The van der Waals surface area contributed by atoms with Crippen molar-refractivity contribution in [1.29, 1.82) is 5.26 Å². The third kappa shape index (κ3) is 2.36. The molecule has 0 aliphatic heterocycles. The number of rotatable bonds is 3. The summed E-state index contributed by atoms with van der Waals surface area (Å²) in [7, 11) is 0. The number of ketones is 1. The van der Waals surface area contributed by atoms with Crippen molar-refractivity contribution in [3.05, 3.63) is 40.5 Å². The number of aliphatic hydroxyl groups excluding tert-OH is 1. The highest BCUT2D eigenvalue weighted by atomic mass is 19.2. The van der Waals surface area contributed by atoms with Gasteiger partial charge in [0, 0.05) is 5.56 Å². The Kier molecular flexibility index (Phi) is 3.97. The summed E-state index contributed by atoms with van der Waals surface area (Å²) in [5, 5.41) is 21.5. The SMILES string of the molecule is CC1(C#N)C(=O)C(C(=O)NCC=O)=C(O)c2cc(F)c(F)cc21. The molecule has 0 radical (unpaired) electrons. The van der Waals surface area contributed by atoms with Crippen LogP contribution >= 0.6 is 0 Å². The van der Waals surface area contributed by atoms with E-state index in [9.17, 15) is 33.5 Å². The molecule has 6 nitrogen and oxygen atoms in total. The van der Waals surface area contributed by atoms with Crippen molar-refractivity contribution in [2.45, 2.75) is 12.3 Å². The smallest absolute Gasteiger partial charge is 0.259 e. The van der Waals surface area contributed by atoms with E-state index >= 15 is 0 Å². The van der Waals surface area contributed by atoms with Gasteiger partial charge in [-0.1, -0.05) is 0 Å². The van der Waals surface area contributed by atoms with Crippen LogP contribution in [0.3, 0.4) is 0 Å². The number of aliphatic hydroxyl groups is 1. The zero-order valence-electron chi connectivity index (χ0n) is 11.8. The van der Waals surface area contributed by atoms with E-state index < -0.39 is 46.6 Å². The number of fused-ring (bicyclic) bond motifs is 1. The lowest BCUT2D eigenvalue weighted by molar-refractivity contribution is -0.125. The molecule has 8 heteroatoms. The fourth-order valence-corrected chi connectivity index (χ4v) is 2.32. The van der Waals surface area contributed by atoms with Gasteiger partial charge in [-0.05, 0) is 24.6 Å². The lowest BCUT2D eigenvalue weighted by atomic mass is 9.70. The lowest BCUT2D eigenvalue weighted by Crippen LogP contribution is -2.42. The number of hydrogen-bond donors (Lipinski definition) is 2. The van der Waals surface area contributed by atoms with Crippen LogP contribution in [-0.2, 0) is 19.8 Å². The summed E-state index contributed by atoms with van der Waals surface area (Å²) >= 11 is 0. The molecule has 118 valence electrons. The monoisotopic (exact) mass is 320 g/mol. The maximum Gasteiger partial charge on any atom is 0.259 e. The molecule has 0 spiro atoms. The second kappa shape index (κ2) is 5.61. The summed E-state index contributed by atoms with van der Waals surface area (Å²) in [6.45, 7) is 0.710. The van der Waals surface area contributed by atoms with Crippen molar-refractivity contribution < 1.29 is 28.3 Å². The Morgan fingerprint density at radius 3 is 2.61 bits per heavy atom. The minimum atomic E-state index is -1.98. The molecule has 2 N–H and O–H groups in total. The van der Waals surface area contributed by atoms with Crippen molar-refractivity contribution in [1.82, 2.24) is 5.32 Å². The molecule has 0 saturated heterocycles. The highest BCUT2D eigenvalue weighted by molar-refractivity contribution is 6.29. The fourth-order valence-electron chi connectivity index (χ4n) is 2.32. The Morgan fingerprint density at radius 2 is 2.04 bits per heavy atom. The van der Waals surface area contributed by atoms with Gasteiger partial charge in [-0.3, -0.25) is 9.59 Å². The number of benzene rings is 1. The Morgan fingerprint density at radius 1 is 1.43 bits per heavy atom. The van der Waals surface area contributed by atoms with E-state index in [0.717, 1.165) is 6.92 Å². The van der Waals surface area contributed by atoms with Crippen molar-refractivity contribution >= 4 is 23.7 Å². The van der Waals surface area contributed by atoms with Gasteiger partial charge in [-0.15, -0.1) is 0 Å². The maximum atomic E-state index is 13.5. The summed E-state index contributed by atoms with van der Waals surface area (Å²) in [5.41, 5.74) is -3.34. The maximum absolute atomic E-state index is 13.5. The molecule has 0 heterocycles. The predicted octanol–water partition coefficient (Wildman–Crippen LogP) is 0.913. The van der Waals surface area contributed by atoms with Gasteiger partial charge in [0.1, 0.15) is 23.0 Å². The Labute approximate surface area is 129 Å². The minimum Gasteiger partial charge on any atom is -0.506 e. The number of nitriles is 1. The zero-order chi connectivity index (χ0) is 17.4. The van der Waals surface area contributed by atoms with Gasteiger partial charge in [0.2, 0.25) is 0 Å². The molecule has 0 aromatic heterocycles. The molecular weight excluding hydrogens is 310 g/mol. The van der Waals surface area contributed by atoms with Crippen LogP contribution in [0.25, 0.3) is 5.76 Å². The van der Waals surface area contributed by atoms with Gasteiger partial charge < -0.3 is 15.2 Å². The van der Waals surface area contributed by atoms with E-state index in [1.54, 1.807) is 6.07 Å². The van der Waals surface area contributed by atoms with E-state index in [4.69, 9.17) is 0 Å². The average molecular weight is 320 g/mol. The van der Waals surface area contributed by atoms with Crippen LogP contribution in [0, 0.1) is 23.0 Å². The van der Waals surface area contributed by atoms with Gasteiger partial charge in [0.25, 0.3) is 5.91 Å². The number of Topliss-reactive ketones (excluding diaryl/α,β-unsaturated/α-hetero) is 1. The van der Waals surface area contributed by atoms with Crippen molar-refractivity contribution in [3.63, 3.8) is 0 Å². The zero-order valence-corrected chi connectivity index (χ0v) is 11.8. The summed E-state index contributed by atoms with van der Waals surface area (Å²) < 4.78 is 26.9. The number of halogens is 2. The average Bonchev–Trinajstić information content (AvgIpc) is 2.53. The molecule has 1 amide bonds. The van der Waals surface area contributed by atoms with Crippen LogP contribution in [0.2, 0.25) is 0 Å². The van der Waals surface area contributed by atoms with Crippen LogP contribution < -0.4 is 5.32 Å². The summed E-state index contributed by atoms with van der Waals surface area (Å²) in [6.07, 6.45) is 0.356. The number of carbonyl (C=O) groups is 3. The first-order valence-corrected chi connectivity index (χ1v) is 6.39. The molecule has 1 aromatic carbocycles. The normalized spacial score (nSPS) is 19.8. The number of nitrogens with zero attached hydrogens (tertiary/aromatic N) is 1. The molecule has 1 atom stereocenters. The predicted molar refractivity (Wildman–Crippen MR) is 73.0 cm³/mol. The van der Waals surface area contributed by atoms with E-state index in [1.807, 2.05) is 0 Å². The number of aldehydes is 1. The number of nitrogens with one attached hydrogen (secondary N) is 1. The topological polar surface area (TPSA) is 107 Å². The van der Waals surface area contributed by atoms with E-state index in [0.29, 0.717) is 18.4 Å². The number of carbonyl (C=O) groups excluding carboxylic acids is 3. The van der Waals surface area contributed by atoms with Gasteiger partial charge >= 0.3 is 0 Å². The Bertz CT molecular complexity index is 810. The van der Waals surface area contributed by atoms with Crippen molar-refractivity contribution in [2.24, 2.45) is 0 Å². The molecule has 23 heavy (non-hydrogen) atoms. The van der Waals surface area contributed by atoms with Crippen molar-refractivity contribution in [3.8, 4) is 6.07 Å². The van der Waals surface area contributed by atoms with Crippen molar-refractivity contribution in [2.75, 3.05) is 6.54 Å². The van der Waals surface area contributed by atoms with Gasteiger partial charge in [-0.25, -0.2) is 8.78 Å². The Balaban J connectivity index is 2.76. The largest absolute Gasteiger partial charge is 0.506 e. The third-order valence-corrected chi connectivity index (χ3v) is 3.57. The molecule has 2 rings (SSSR count). The first-order valence-electron chi connectivity index (χ1n) is 6.39. The van der Waals surface area contributed by atoms with Gasteiger partial charge in [-0.2, -0.15) is 5.26 Å². The first-order chi connectivity index (χ1) is 10.8. The summed E-state index contributed by atoms with van der Waals surface area (Å²) in [6, 6.07) is 2.91. The standard InChI is InChI=1S/C15H10F2N2O4/c1-15(6-18)8-5-10(17)9(16)4-7(8)12(21)11(13(15)22)14(23)19-2-3-20/h3-5,21H,2H2,1H3,(H,19,23). The fraction of sp³-hybridized carbons (Fsp3) is 0.200. The molecular formula is C15H10F2N2O4. The van der Waals surface area contributed by atoms with E-state index in [1.165, 1.54) is 0 Å². The quantitative estimate of drug-likeness (QED) is 0.636. The van der Waals surface area contributed by atoms with Crippen LogP contribution in [0.15, 0.2) is 17.7 Å². The van der Waals surface area contributed by atoms with Crippen LogP contribution in [-0.4, -0.2) is 29.6 Å². The van der Waals surface area contributed by atoms with E-state index in [2.05, 4.69) is 5.32 Å². The molecule has 1 aliphatic rings. The summed E-state index contributed by atoms with van der Waals surface area (Å²) in [4.78, 5) is 34.7. The molecule has 1 aromatic rings. The molecule has 0 fully saturated rings. The minimum absolute atomic E-state index is 0.242. The molecule has 0 saturated carbocycles. The van der Waals surface area contributed by atoms with Crippen LogP contribution in [0.1, 0.15) is 18.1 Å². The van der Waals surface area contributed by atoms with Crippen LogP contribution in [0.4, 0.5) is 8.78 Å².